The Hall–Kier alpha value is -3.07. The first kappa shape index (κ1) is 18.7. The molecule has 6 nitrogen and oxygen atoms in total. The predicted molar refractivity (Wildman–Crippen MR) is 105 cm³/mol. The lowest BCUT2D eigenvalue weighted by molar-refractivity contribution is 0.234. The Bertz CT molecular complexity index is 856. The summed E-state index contributed by atoms with van der Waals surface area (Å²) in [7, 11) is 0. The molecule has 1 aromatic carbocycles. The lowest BCUT2D eigenvalue weighted by Crippen LogP contribution is -2.42. The zero-order chi connectivity index (χ0) is 19.3. The number of nitriles is 1. The van der Waals surface area contributed by atoms with E-state index in [9.17, 15) is 4.79 Å². The SMILES string of the molecule is CC1(C)CCC(NC(=O)NCCNc2ncccc2C#N)c2ccccc21. The van der Waals surface area contributed by atoms with Crippen molar-refractivity contribution in [2.75, 3.05) is 18.4 Å². The molecule has 1 aliphatic carbocycles. The number of benzene rings is 1. The minimum absolute atomic E-state index is 0.0307. The van der Waals surface area contributed by atoms with Gasteiger partial charge in [0.25, 0.3) is 0 Å². The van der Waals surface area contributed by atoms with Crippen LogP contribution in [0.5, 0.6) is 0 Å². The van der Waals surface area contributed by atoms with Gasteiger partial charge >= 0.3 is 6.03 Å². The van der Waals surface area contributed by atoms with Gasteiger partial charge in [-0.2, -0.15) is 5.26 Å². The number of aromatic nitrogens is 1. The first-order valence-corrected chi connectivity index (χ1v) is 9.24. The summed E-state index contributed by atoms with van der Waals surface area (Å²) in [5, 5.41) is 18.1. The Kier molecular flexibility index (Phi) is 5.60. The average molecular weight is 363 g/mol. The number of fused-ring (bicyclic) bond motifs is 1. The van der Waals surface area contributed by atoms with Crippen LogP contribution < -0.4 is 16.0 Å². The van der Waals surface area contributed by atoms with Crippen LogP contribution in [0.25, 0.3) is 0 Å². The van der Waals surface area contributed by atoms with Crippen molar-refractivity contribution in [1.29, 1.82) is 5.26 Å². The molecule has 0 saturated carbocycles. The van der Waals surface area contributed by atoms with Crippen LogP contribution in [-0.2, 0) is 5.41 Å². The zero-order valence-corrected chi connectivity index (χ0v) is 15.7. The Morgan fingerprint density at radius 1 is 1.26 bits per heavy atom. The molecule has 3 N–H and O–H groups in total. The molecule has 2 aromatic rings. The maximum absolute atomic E-state index is 12.3. The lowest BCUT2D eigenvalue weighted by Gasteiger charge is -2.37. The molecule has 1 heterocycles. The number of urea groups is 1. The number of pyridine rings is 1. The minimum Gasteiger partial charge on any atom is -0.367 e. The molecule has 0 spiro atoms. The molecule has 1 aromatic heterocycles. The van der Waals surface area contributed by atoms with E-state index in [1.54, 1.807) is 18.3 Å². The number of carbonyl (C=O) groups excluding carboxylic acids is 1. The normalized spacial score (nSPS) is 17.3. The summed E-state index contributed by atoms with van der Waals surface area (Å²) in [6, 6.07) is 13.7. The van der Waals surface area contributed by atoms with Crippen LogP contribution >= 0.6 is 0 Å². The molecule has 1 unspecified atom stereocenters. The number of hydrogen-bond acceptors (Lipinski definition) is 4. The van der Waals surface area contributed by atoms with E-state index in [0.29, 0.717) is 24.5 Å². The molecular weight excluding hydrogens is 338 g/mol. The second-order valence-corrected chi connectivity index (χ2v) is 7.40. The molecule has 1 atom stereocenters. The first-order chi connectivity index (χ1) is 13.0. The third-order valence-corrected chi connectivity index (χ3v) is 5.06. The van der Waals surface area contributed by atoms with Gasteiger partial charge in [-0.25, -0.2) is 9.78 Å². The minimum atomic E-state index is -0.183. The number of nitrogens with one attached hydrogen (secondary N) is 3. The van der Waals surface area contributed by atoms with E-state index >= 15 is 0 Å². The molecule has 0 fully saturated rings. The van der Waals surface area contributed by atoms with Crippen molar-refractivity contribution in [2.24, 2.45) is 0 Å². The largest absolute Gasteiger partial charge is 0.367 e. The fraction of sp³-hybridized carbons (Fsp3) is 0.381. The molecule has 6 heteroatoms. The van der Waals surface area contributed by atoms with Crippen molar-refractivity contribution in [2.45, 2.75) is 38.1 Å². The quantitative estimate of drug-likeness (QED) is 0.710. The van der Waals surface area contributed by atoms with Crippen LogP contribution in [0.15, 0.2) is 42.6 Å². The van der Waals surface area contributed by atoms with E-state index in [1.807, 2.05) is 6.07 Å². The Balaban J connectivity index is 1.51. The predicted octanol–water partition coefficient (Wildman–Crippen LogP) is 3.48. The summed E-state index contributed by atoms with van der Waals surface area (Å²) in [4.78, 5) is 16.4. The highest BCUT2D eigenvalue weighted by Gasteiger charge is 2.32. The summed E-state index contributed by atoms with van der Waals surface area (Å²) < 4.78 is 0. The molecular formula is C21H25N5O. The van der Waals surface area contributed by atoms with Gasteiger partial charge in [-0.1, -0.05) is 38.1 Å². The van der Waals surface area contributed by atoms with Crippen LogP contribution in [0.4, 0.5) is 10.6 Å². The van der Waals surface area contributed by atoms with Crippen LogP contribution in [0, 0.1) is 11.3 Å². The van der Waals surface area contributed by atoms with Crippen LogP contribution in [0.3, 0.4) is 0 Å². The maximum Gasteiger partial charge on any atom is 0.315 e. The summed E-state index contributed by atoms with van der Waals surface area (Å²) in [5.74, 6) is 0.533. The van der Waals surface area contributed by atoms with Crippen LogP contribution in [0.2, 0.25) is 0 Å². The molecule has 0 saturated heterocycles. The fourth-order valence-electron chi connectivity index (χ4n) is 3.57. The standard InChI is InChI=1S/C21H25N5O/c1-21(2)10-9-18(16-7-3-4-8-17(16)21)26-20(27)25-13-12-24-19-15(14-22)6-5-11-23-19/h3-8,11,18H,9-10,12-13H2,1-2H3,(H,23,24)(H2,25,26,27). The fourth-order valence-corrected chi connectivity index (χ4v) is 3.57. The number of hydrogen-bond donors (Lipinski definition) is 3. The van der Waals surface area contributed by atoms with E-state index in [-0.39, 0.29) is 17.5 Å². The van der Waals surface area contributed by atoms with Crippen molar-refractivity contribution in [3.63, 3.8) is 0 Å². The van der Waals surface area contributed by atoms with Gasteiger partial charge in [0.15, 0.2) is 0 Å². The van der Waals surface area contributed by atoms with Crippen molar-refractivity contribution in [3.05, 3.63) is 59.3 Å². The molecule has 0 radical (unpaired) electrons. The van der Waals surface area contributed by atoms with Gasteiger partial charge in [0.1, 0.15) is 11.9 Å². The topological polar surface area (TPSA) is 89.8 Å². The number of anilines is 1. The molecule has 3 rings (SSSR count). The van der Waals surface area contributed by atoms with E-state index in [4.69, 9.17) is 5.26 Å². The summed E-state index contributed by atoms with van der Waals surface area (Å²) in [6.07, 6.45) is 3.59. The highest BCUT2D eigenvalue weighted by atomic mass is 16.2. The maximum atomic E-state index is 12.3. The lowest BCUT2D eigenvalue weighted by atomic mass is 9.71. The Morgan fingerprint density at radius 2 is 2.07 bits per heavy atom. The van der Waals surface area contributed by atoms with Gasteiger partial charge in [0.05, 0.1) is 11.6 Å². The zero-order valence-electron chi connectivity index (χ0n) is 15.7. The van der Waals surface area contributed by atoms with E-state index in [2.05, 4.69) is 59.1 Å². The van der Waals surface area contributed by atoms with Gasteiger partial charge in [0.2, 0.25) is 0 Å². The van der Waals surface area contributed by atoms with Gasteiger partial charge in [-0.15, -0.1) is 0 Å². The Morgan fingerprint density at radius 3 is 2.89 bits per heavy atom. The van der Waals surface area contributed by atoms with Crippen LogP contribution in [0.1, 0.15) is 49.4 Å². The second kappa shape index (κ2) is 8.09. The van der Waals surface area contributed by atoms with E-state index in [1.165, 1.54) is 11.1 Å². The number of carbonyl (C=O) groups is 1. The monoisotopic (exact) mass is 363 g/mol. The molecule has 2 amide bonds. The van der Waals surface area contributed by atoms with Crippen LogP contribution in [-0.4, -0.2) is 24.1 Å². The third kappa shape index (κ3) is 4.37. The van der Waals surface area contributed by atoms with Crippen molar-refractivity contribution >= 4 is 11.8 Å². The number of amides is 2. The van der Waals surface area contributed by atoms with E-state index < -0.39 is 0 Å². The van der Waals surface area contributed by atoms with Gasteiger partial charge in [-0.05, 0) is 41.5 Å². The van der Waals surface area contributed by atoms with E-state index in [0.717, 1.165) is 12.8 Å². The molecule has 27 heavy (non-hydrogen) atoms. The molecule has 0 bridgehead atoms. The summed E-state index contributed by atoms with van der Waals surface area (Å²) in [5.41, 5.74) is 3.14. The van der Waals surface area contributed by atoms with Gasteiger partial charge in [-0.3, -0.25) is 0 Å². The first-order valence-electron chi connectivity index (χ1n) is 9.24. The van der Waals surface area contributed by atoms with Crippen molar-refractivity contribution in [3.8, 4) is 6.07 Å². The highest BCUT2D eigenvalue weighted by Crippen LogP contribution is 2.41. The van der Waals surface area contributed by atoms with Gasteiger partial charge in [0, 0.05) is 19.3 Å². The number of nitrogens with zero attached hydrogens (tertiary/aromatic N) is 2. The van der Waals surface area contributed by atoms with Crippen molar-refractivity contribution in [1.82, 2.24) is 15.6 Å². The third-order valence-electron chi connectivity index (χ3n) is 5.06. The molecule has 140 valence electrons. The Labute approximate surface area is 160 Å². The highest BCUT2D eigenvalue weighted by molar-refractivity contribution is 5.74. The summed E-state index contributed by atoms with van der Waals surface area (Å²) in [6.45, 7) is 5.43. The van der Waals surface area contributed by atoms with Crippen molar-refractivity contribution < 1.29 is 4.79 Å². The number of rotatable bonds is 5. The summed E-state index contributed by atoms with van der Waals surface area (Å²) >= 11 is 0. The van der Waals surface area contributed by atoms with Gasteiger partial charge < -0.3 is 16.0 Å². The molecule has 1 aliphatic rings. The second-order valence-electron chi connectivity index (χ2n) is 7.40. The smallest absolute Gasteiger partial charge is 0.315 e. The average Bonchev–Trinajstić information content (AvgIpc) is 2.68. The molecule has 0 aliphatic heterocycles.